The summed E-state index contributed by atoms with van der Waals surface area (Å²) in [6.45, 7) is 0.394. The van der Waals surface area contributed by atoms with Crippen LogP contribution >= 0.6 is 0 Å². The van der Waals surface area contributed by atoms with Gasteiger partial charge in [0.1, 0.15) is 0 Å². The van der Waals surface area contributed by atoms with Crippen molar-refractivity contribution in [2.24, 2.45) is 5.92 Å². The molecule has 0 spiro atoms. The van der Waals surface area contributed by atoms with Crippen LogP contribution in [0.25, 0.3) is 0 Å². The molecule has 122 valence electrons. The van der Waals surface area contributed by atoms with Gasteiger partial charge in [-0.1, -0.05) is 12.0 Å². The van der Waals surface area contributed by atoms with Crippen molar-refractivity contribution in [2.75, 3.05) is 13.1 Å². The number of hydrogen-bond acceptors (Lipinski definition) is 4. The molecule has 0 aromatic heterocycles. The highest BCUT2D eigenvalue weighted by molar-refractivity contribution is 7.89. The molecule has 1 aromatic rings. The SMILES string of the molecule is O=C(O)C#CC1CCCN(S(=O)(=O)c2cccc(C(=O)O)c2)C1. The summed E-state index contributed by atoms with van der Waals surface area (Å²) >= 11 is 0. The molecular formula is C15H15NO6S. The number of carboxylic acid groups (broad SMARTS) is 2. The Morgan fingerprint density at radius 2 is 2.00 bits per heavy atom. The zero-order chi connectivity index (χ0) is 17.0. The van der Waals surface area contributed by atoms with E-state index in [0.29, 0.717) is 19.4 Å². The van der Waals surface area contributed by atoms with Crippen LogP contribution in [0.5, 0.6) is 0 Å². The van der Waals surface area contributed by atoms with E-state index < -0.39 is 22.0 Å². The van der Waals surface area contributed by atoms with E-state index in [4.69, 9.17) is 10.2 Å². The van der Waals surface area contributed by atoms with Gasteiger partial charge < -0.3 is 10.2 Å². The number of aromatic carboxylic acids is 1. The molecule has 1 heterocycles. The average molecular weight is 337 g/mol. The van der Waals surface area contributed by atoms with Crippen molar-refractivity contribution >= 4 is 22.0 Å². The van der Waals surface area contributed by atoms with Gasteiger partial charge in [-0.25, -0.2) is 18.0 Å². The van der Waals surface area contributed by atoms with Crippen molar-refractivity contribution in [3.63, 3.8) is 0 Å². The normalized spacial score (nSPS) is 18.7. The standard InChI is InChI=1S/C15H15NO6S/c17-14(18)7-6-11-3-2-8-16(10-11)23(21,22)13-5-1-4-12(9-13)15(19)20/h1,4-5,9,11H,2-3,8,10H2,(H,17,18)(H,19,20). The van der Waals surface area contributed by atoms with Gasteiger partial charge in [0.05, 0.1) is 10.5 Å². The first kappa shape index (κ1) is 17.0. The van der Waals surface area contributed by atoms with E-state index in [-0.39, 0.29) is 22.9 Å². The number of aliphatic carboxylic acids is 1. The van der Waals surface area contributed by atoms with Crippen LogP contribution in [0.4, 0.5) is 0 Å². The van der Waals surface area contributed by atoms with Gasteiger partial charge in [0.2, 0.25) is 10.0 Å². The molecule has 2 N–H and O–H groups in total. The second kappa shape index (κ2) is 6.81. The highest BCUT2D eigenvalue weighted by atomic mass is 32.2. The number of piperidine rings is 1. The summed E-state index contributed by atoms with van der Waals surface area (Å²) in [7, 11) is -3.83. The van der Waals surface area contributed by atoms with E-state index in [2.05, 4.69) is 5.92 Å². The fourth-order valence-corrected chi connectivity index (χ4v) is 3.95. The molecule has 0 aliphatic carbocycles. The predicted octanol–water partition coefficient (Wildman–Crippen LogP) is 0.874. The van der Waals surface area contributed by atoms with Crippen LogP contribution < -0.4 is 0 Å². The van der Waals surface area contributed by atoms with Crippen molar-refractivity contribution < 1.29 is 28.2 Å². The van der Waals surface area contributed by atoms with E-state index in [0.717, 1.165) is 6.07 Å². The van der Waals surface area contributed by atoms with Crippen LogP contribution in [0, 0.1) is 17.8 Å². The molecule has 0 bridgehead atoms. The third-order valence-electron chi connectivity index (χ3n) is 3.49. The van der Waals surface area contributed by atoms with Gasteiger partial charge in [-0.15, -0.1) is 0 Å². The van der Waals surface area contributed by atoms with Gasteiger partial charge in [-0.2, -0.15) is 4.31 Å². The van der Waals surface area contributed by atoms with Crippen molar-refractivity contribution in [1.29, 1.82) is 0 Å². The van der Waals surface area contributed by atoms with Gasteiger partial charge in [-0.05, 0) is 31.0 Å². The van der Waals surface area contributed by atoms with Gasteiger partial charge in [0.25, 0.3) is 0 Å². The molecule has 1 aromatic carbocycles. The fourth-order valence-electron chi connectivity index (χ4n) is 2.38. The van der Waals surface area contributed by atoms with Crippen molar-refractivity contribution in [2.45, 2.75) is 17.7 Å². The summed E-state index contributed by atoms with van der Waals surface area (Å²) in [6, 6.07) is 5.15. The first-order valence-corrected chi connectivity index (χ1v) is 8.32. The first-order valence-electron chi connectivity index (χ1n) is 6.88. The lowest BCUT2D eigenvalue weighted by molar-refractivity contribution is -0.130. The minimum atomic E-state index is -3.83. The Morgan fingerprint density at radius 3 is 2.65 bits per heavy atom. The quantitative estimate of drug-likeness (QED) is 0.792. The van der Waals surface area contributed by atoms with E-state index in [1.807, 2.05) is 5.92 Å². The van der Waals surface area contributed by atoms with E-state index in [1.54, 1.807) is 0 Å². The highest BCUT2D eigenvalue weighted by Crippen LogP contribution is 2.24. The number of benzene rings is 1. The van der Waals surface area contributed by atoms with Crippen molar-refractivity contribution in [1.82, 2.24) is 4.31 Å². The second-order valence-electron chi connectivity index (χ2n) is 5.11. The molecule has 0 radical (unpaired) electrons. The van der Waals surface area contributed by atoms with E-state index in [9.17, 15) is 18.0 Å². The van der Waals surface area contributed by atoms with Crippen LogP contribution in [0.15, 0.2) is 29.2 Å². The second-order valence-corrected chi connectivity index (χ2v) is 7.05. The Kier molecular flexibility index (Phi) is 5.03. The maximum Gasteiger partial charge on any atom is 0.381 e. The number of carbonyl (C=O) groups is 2. The predicted molar refractivity (Wildman–Crippen MR) is 80.3 cm³/mol. The van der Waals surface area contributed by atoms with Crippen LogP contribution in [0.3, 0.4) is 0 Å². The molecule has 1 aliphatic heterocycles. The third-order valence-corrected chi connectivity index (χ3v) is 5.35. The van der Waals surface area contributed by atoms with Gasteiger partial charge in [0.15, 0.2) is 0 Å². The number of nitrogens with zero attached hydrogens (tertiary/aromatic N) is 1. The zero-order valence-corrected chi connectivity index (χ0v) is 12.9. The Labute approximate surface area is 133 Å². The summed E-state index contributed by atoms with van der Waals surface area (Å²) in [6.07, 6.45) is 1.19. The first-order chi connectivity index (χ1) is 10.8. The Morgan fingerprint density at radius 1 is 1.26 bits per heavy atom. The molecule has 1 atom stereocenters. The van der Waals surface area contributed by atoms with Crippen LogP contribution in [-0.4, -0.2) is 48.0 Å². The number of rotatable bonds is 3. The molecule has 0 amide bonds. The summed E-state index contributed by atoms with van der Waals surface area (Å²) in [4.78, 5) is 21.4. The fraction of sp³-hybridized carbons (Fsp3) is 0.333. The third kappa shape index (κ3) is 4.09. The molecule has 23 heavy (non-hydrogen) atoms. The molecule has 1 saturated heterocycles. The Hall–Kier alpha value is -2.37. The molecule has 1 aliphatic rings. The lowest BCUT2D eigenvalue weighted by Gasteiger charge is -2.29. The topological polar surface area (TPSA) is 112 Å². The minimum Gasteiger partial charge on any atom is -0.478 e. The molecule has 1 unspecified atom stereocenters. The van der Waals surface area contributed by atoms with Crippen molar-refractivity contribution in [3.8, 4) is 11.8 Å². The lowest BCUT2D eigenvalue weighted by Crippen LogP contribution is -2.39. The zero-order valence-electron chi connectivity index (χ0n) is 12.1. The smallest absolute Gasteiger partial charge is 0.381 e. The monoisotopic (exact) mass is 337 g/mol. The summed E-state index contributed by atoms with van der Waals surface area (Å²) in [5.41, 5.74) is -0.106. The maximum absolute atomic E-state index is 12.6. The molecule has 7 nitrogen and oxygen atoms in total. The van der Waals surface area contributed by atoms with Gasteiger partial charge >= 0.3 is 11.9 Å². The Bertz CT molecular complexity index is 790. The Balaban J connectivity index is 2.26. The molecule has 8 heteroatoms. The largest absolute Gasteiger partial charge is 0.478 e. The van der Waals surface area contributed by atoms with E-state index in [1.165, 1.54) is 22.5 Å². The van der Waals surface area contributed by atoms with Gasteiger partial charge in [-0.3, -0.25) is 0 Å². The average Bonchev–Trinajstić information content (AvgIpc) is 2.53. The minimum absolute atomic E-state index is 0.0933. The van der Waals surface area contributed by atoms with Crippen LogP contribution in [0.2, 0.25) is 0 Å². The summed E-state index contributed by atoms with van der Waals surface area (Å²) in [5, 5.41) is 17.5. The van der Waals surface area contributed by atoms with E-state index >= 15 is 0 Å². The molecule has 0 saturated carbocycles. The number of sulfonamides is 1. The number of hydrogen-bond donors (Lipinski definition) is 2. The molecular weight excluding hydrogens is 322 g/mol. The van der Waals surface area contributed by atoms with Gasteiger partial charge in [0, 0.05) is 24.9 Å². The maximum atomic E-state index is 12.6. The lowest BCUT2D eigenvalue weighted by atomic mass is 10.0. The molecule has 2 rings (SSSR count). The van der Waals surface area contributed by atoms with Crippen molar-refractivity contribution in [3.05, 3.63) is 29.8 Å². The molecule has 1 fully saturated rings. The highest BCUT2D eigenvalue weighted by Gasteiger charge is 2.30. The summed E-state index contributed by atoms with van der Waals surface area (Å²) < 4.78 is 26.4. The number of carboxylic acids is 2. The van der Waals surface area contributed by atoms with Crippen LogP contribution in [-0.2, 0) is 14.8 Å². The van der Waals surface area contributed by atoms with Crippen LogP contribution in [0.1, 0.15) is 23.2 Å². The summed E-state index contributed by atoms with van der Waals surface area (Å²) in [5.74, 6) is 1.77.